The summed E-state index contributed by atoms with van der Waals surface area (Å²) < 4.78 is 43.8. The second-order valence-electron chi connectivity index (χ2n) is 7.94. The molecule has 0 bridgehead atoms. The molecule has 0 radical (unpaired) electrons. The van der Waals surface area contributed by atoms with Gasteiger partial charge < -0.3 is 17.3 Å². The van der Waals surface area contributed by atoms with Gasteiger partial charge >= 0.3 is 7.25 Å². The molecule has 1 fully saturated rings. The number of rotatable bonds is 3. The lowest BCUT2D eigenvalue weighted by atomic mass is 9.93. The lowest BCUT2D eigenvalue weighted by Gasteiger charge is -2.21. The van der Waals surface area contributed by atoms with Gasteiger partial charge in [0.15, 0.2) is 11.7 Å². The molecule has 1 nitrogen and oxygen atoms in total. The van der Waals surface area contributed by atoms with Crippen LogP contribution in [0.1, 0.15) is 43.8 Å². The molecule has 1 aromatic heterocycles. The maximum Gasteiger partial charge on any atom is 0.673 e. The van der Waals surface area contributed by atoms with Gasteiger partial charge in [0.1, 0.15) is 0 Å². The zero-order chi connectivity index (χ0) is 23.3. The summed E-state index contributed by atoms with van der Waals surface area (Å²) >= 11 is 7.12. The molecule has 0 saturated heterocycles. The van der Waals surface area contributed by atoms with E-state index in [0.29, 0.717) is 6.04 Å². The topological polar surface area (TPSA) is 3.88 Å². The van der Waals surface area contributed by atoms with Crippen LogP contribution < -0.4 is 4.57 Å². The van der Waals surface area contributed by atoms with Crippen molar-refractivity contribution in [3.05, 3.63) is 75.3 Å². The largest absolute Gasteiger partial charge is 0.673 e. The minimum Gasteiger partial charge on any atom is -0.418 e. The molecule has 0 N–H and O–H groups in total. The van der Waals surface area contributed by atoms with Crippen LogP contribution in [0.3, 0.4) is 0 Å². The van der Waals surface area contributed by atoms with Crippen LogP contribution in [0, 0.1) is 6.92 Å². The maximum absolute atomic E-state index is 9.75. The Labute approximate surface area is 203 Å². The lowest BCUT2D eigenvalue weighted by Crippen LogP contribution is -2.45. The van der Waals surface area contributed by atoms with Gasteiger partial charge in [0.2, 0.25) is 5.69 Å². The fourth-order valence-corrected chi connectivity index (χ4v) is 4.75. The number of aryl methyl sites for hydroxylation is 1. The van der Waals surface area contributed by atoms with Gasteiger partial charge in [-0.15, -0.1) is 0 Å². The number of hydrogen-bond acceptors (Lipinski definition) is 0. The third kappa shape index (κ3) is 7.17. The van der Waals surface area contributed by atoms with Gasteiger partial charge in [-0.05, 0) is 60.4 Å². The number of nitrogens with zero attached hydrogens (tertiary/aromatic N) is 1. The normalized spacial score (nSPS) is 14.6. The first-order chi connectivity index (χ1) is 15.1. The second kappa shape index (κ2) is 11.0. The van der Waals surface area contributed by atoms with E-state index in [1.165, 1.54) is 60.2 Å². The quantitative estimate of drug-likeness (QED) is 0.168. The molecule has 0 aliphatic heterocycles. The van der Waals surface area contributed by atoms with Crippen LogP contribution in [0.15, 0.2) is 69.6 Å². The molecular weight excluding hydrogens is 549 g/mol. The second-order valence-corrected chi connectivity index (χ2v) is 9.77. The Morgan fingerprint density at radius 3 is 1.69 bits per heavy atom. The average molecular weight is 573 g/mol. The molecule has 32 heavy (non-hydrogen) atoms. The van der Waals surface area contributed by atoms with Crippen LogP contribution >= 0.6 is 31.9 Å². The lowest BCUT2D eigenvalue weighted by molar-refractivity contribution is -0.720. The number of halogens is 6. The minimum absolute atomic E-state index is 0.608. The van der Waals surface area contributed by atoms with Crippen molar-refractivity contribution in [3.8, 4) is 22.4 Å². The number of pyridine rings is 1. The summed E-state index contributed by atoms with van der Waals surface area (Å²) in [6.07, 6.45) is 6.62. The summed E-state index contributed by atoms with van der Waals surface area (Å²) in [5.74, 6) is 0. The molecule has 0 spiro atoms. The predicted octanol–water partition coefficient (Wildman–Crippen LogP) is 8.95. The van der Waals surface area contributed by atoms with Crippen LogP contribution in [-0.4, -0.2) is 7.25 Å². The van der Waals surface area contributed by atoms with Gasteiger partial charge in [-0.3, -0.25) is 0 Å². The molecule has 0 amide bonds. The molecule has 2 aromatic carbocycles. The highest BCUT2D eigenvalue weighted by molar-refractivity contribution is 9.10. The van der Waals surface area contributed by atoms with Crippen molar-refractivity contribution >= 4 is 39.1 Å². The first kappa shape index (κ1) is 25.0. The van der Waals surface area contributed by atoms with E-state index in [1.807, 2.05) is 0 Å². The van der Waals surface area contributed by atoms with Gasteiger partial charge in [-0.2, -0.15) is 4.57 Å². The minimum atomic E-state index is -6.00. The summed E-state index contributed by atoms with van der Waals surface area (Å²) in [5.41, 5.74) is 6.50. The molecule has 3 aromatic rings. The Bertz CT molecular complexity index is 1030. The summed E-state index contributed by atoms with van der Waals surface area (Å²) in [7, 11) is -6.00. The van der Waals surface area contributed by atoms with Gasteiger partial charge in [-0.25, -0.2) is 0 Å². The van der Waals surface area contributed by atoms with Crippen molar-refractivity contribution in [2.75, 3.05) is 0 Å². The zero-order valence-corrected chi connectivity index (χ0v) is 20.9. The Kier molecular flexibility index (Phi) is 8.56. The van der Waals surface area contributed by atoms with Crippen molar-refractivity contribution in [1.82, 2.24) is 0 Å². The van der Waals surface area contributed by atoms with Crippen LogP contribution in [0.25, 0.3) is 22.4 Å². The van der Waals surface area contributed by atoms with Crippen LogP contribution in [0.2, 0.25) is 0 Å². The molecule has 4 rings (SSSR count). The molecule has 1 heterocycles. The highest BCUT2D eigenvalue weighted by Crippen LogP contribution is 2.31. The Balaban J connectivity index is 0.000000523. The van der Waals surface area contributed by atoms with E-state index >= 15 is 0 Å². The first-order valence-corrected chi connectivity index (χ1v) is 12.2. The third-order valence-corrected chi connectivity index (χ3v) is 6.61. The van der Waals surface area contributed by atoms with Gasteiger partial charge in [0.25, 0.3) is 0 Å². The Morgan fingerprint density at radius 2 is 1.19 bits per heavy atom. The summed E-state index contributed by atoms with van der Waals surface area (Å²) in [6, 6.07) is 22.7. The number of aromatic nitrogens is 1. The van der Waals surface area contributed by atoms with Crippen LogP contribution in [0.5, 0.6) is 0 Å². The monoisotopic (exact) mass is 571 g/mol. The summed E-state index contributed by atoms with van der Waals surface area (Å²) in [6.45, 7) is 2.26. The van der Waals surface area contributed by atoms with Gasteiger partial charge in [0.05, 0.1) is 0 Å². The fourth-order valence-electron chi connectivity index (χ4n) is 4.22. The summed E-state index contributed by atoms with van der Waals surface area (Å²) in [4.78, 5) is 0. The Morgan fingerprint density at radius 1 is 0.719 bits per heavy atom. The molecule has 0 atom stereocenters. The van der Waals surface area contributed by atoms with Crippen molar-refractivity contribution in [1.29, 1.82) is 0 Å². The van der Waals surface area contributed by atoms with Gasteiger partial charge in [-0.1, -0.05) is 50.4 Å². The fraction of sp³-hybridized carbons (Fsp3) is 0.292. The van der Waals surface area contributed by atoms with Crippen LogP contribution in [0.4, 0.5) is 17.3 Å². The molecule has 1 saturated carbocycles. The molecule has 8 heteroatoms. The van der Waals surface area contributed by atoms with E-state index in [4.69, 9.17) is 0 Å². The standard InChI is InChI=1S/C24H24Br2N.BF4/c1-17-15-20(18-7-11-21(25)12-8-18)16-24(19-9-13-22(26)14-10-19)27(17)23-5-3-2-4-6-23;2-1(3,4)5/h7-16,23H,2-6H2,1H3;/q+1;-1. The SMILES string of the molecule is Cc1cc(-c2ccc(Br)cc2)cc(-c2ccc(Br)cc2)[n+]1C1CCCCC1.F[B-](F)(F)F. The van der Waals surface area contributed by atoms with Crippen molar-refractivity contribution < 1.29 is 21.8 Å². The highest BCUT2D eigenvalue weighted by Gasteiger charge is 2.28. The van der Waals surface area contributed by atoms with Gasteiger partial charge in [0, 0.05) is 46.4 Å². The van der Waals surface area contributed by atoms with E-state index in [2.05, 4.69) is 104 Å². The van der Waals surface area contributed by atoms with E-state index < -0.39 is 7.25 Å². The van der Waals surface area contributed by atoms with E-state index in [0.717, 1.165) is 8.95 Å². The van der Waals surface area contributed by atoms with E-state index in [9.17, 15) is 17.3 Å². The smallest absolute Gasteiger partial charge is 0.418 e. The molecule has 0 unspecified atom stereocenters. The Hall–Kier alpha value is -1.67. The highest BCUT2D eigenvalue weighted by atomic mass is 79.9. The van der Waals surface area contributed by atoms with Crippen molar-refractivity contribution in [2.45, 2.75) is 45.1 Å². The van der Waals surface area contributed by atoms with Crippen molar-refractivity contribution in [3.63, 3.8) is 0 Å². The third-order valence-electron chi connectivity index (χ3n) is 5.55. The molecule has 1 aliphatic carbocycles. The maximum atomic E-state index is 9.75. The predicted molar refractivity (Wildman–Crippen MR) is 130 cm³/mol. The molecule has 1 aliphatic rings. The molecule has 170 valence electrons. The van der Waals surface area contributed by atoms with Crippen molar-refractivity contribution in [2.24, 2.45) is 0 Å². The number of benzene rings is 2. The average Bonchev–Trinajstić information content (AvgIpc) is 2.74. The first-order valence-electron chi connectivity index (χ1n) is 10.6. The van der Waals surface area contributed by atoms with E-state index in [-0.39, 0.29) is 0 Å². The zero-order valence-electron chi connectivity index (χ0n) is 17.7. The molecular formula is C24H24BBr2F4N. The van der Waals surface area contributed by atoms with Crippen LogP contribution in [-0.2, 0) is 0 Å². The number of hydrogen-bond donors (Lipinski definition) is 0. The van der Waals surface area contributed by atoms with E-state index in [1.54, 1.807) is 0 Å². The summed E-state index contributed by atoms with van der Waals surface area (Å²) in [5, 5.41) is 0.